The van der Waals surface area contributed by atoms with Crippen LogP contribution in [-0.2, 0) is 0 Å². The fraction of sp³-hybridized carbons (Fsp3) is 0.118. The predicted molar refractivity (Wildman–Crippen MR) is 107 cm³/mol. The highest BCUT2D eigenvalue weighted by molar-refractivity contribution is 7.25. The molecule has 0 spiro atoms. The lowest BCUT2D eigenvalue weighted by atomic mass is 10.3. The second kappa shape index (κ2) is 5.62. The minimum absolute atomic E-state index is 0.783. The zero-order valence-electron chi connectivity index (χ0n) is 13.4. The quantitative estimate of drug-likeness (QED) is 0.440. The van der Waals surface area contributed by atoms with Crippen LogP contribution < -0.4 is 10.1 Å². The predicted octanol–water partition coefficient (Wildman–Crippen LogP) is 5.58. The molecule has 0 aliphatic carbocycles. The van der Waals surface area contributed by atoms with Crippen molar-refractivity contribution in [3.63, 3.8) is 0 Å². The zero-order valence-corrected chi connectivity index (χ0v) is 15.8. The van der Waals surface area contributed by atoms with Gasteiger partial charge in [-0.25, -0.2) is 15.0 Å². The van der Waals surface area contributed by atoms with Gasteiger partial charge in [-0.1, -0.05) is 28.7 Å². The van der Waals surface area contributed by atoms with E-state index in [4.69, 9.17) is 4.74 Å². The molecule has 0 amide bonds. The number of benzene rings is 2. The van der Waals surface area contributed by atoms with Crippen molar-refractivity contribution in [3.8, 4) is 5.75 Å². The molecule has 124 valence electrons. The molecule has 3 aromatic heterocycles. The van der Waals surface area contributed by atoms with Gasteiger partial charge in [0.2, 0.25) is 0 Å². The van der Waals surface area contributed by atoms with Crippen molar-refractivity contribution < 1.29 is 4.74 Å². The lowest BCUT2D eigenvalue weighted by molar-refractivity contribution is 0.419. The summed E-state index contributed by atoms with van der Waals surface area (Å²) in [4.78, 5) is 14.0. The van der Waals surface area contributed by atoms with Gasteiger partial charge < -0.3 is 10.1 Å². The molecule has 0 saturated carbocycles. The van der Waals surface area contributed by atoms with Crippen LogP contribution in [0.4, 0.5) is 10.3 Å². The number of thiazole rings is 3. The fourth-order valence-electron chi connectivity index (χ4n) is 2.77. The van der Waals surface area contributed by atoms with Crippen molar-refractivity contribution in [1.29, 1.82) is 0 Å². The Balaban J connectivity index is 1.58. The fourth-order valence-corrected chi connectivity index (χ4v) is 5.58. The maximum atomic E-state index is 5.39. The Bertz CT molecular complexity index is 1240. The van der Waals surface area contributed by atoms with Gasteiger partial charge in [0.25, 0.3) is 0 Å². The number of fused-ring (bicyclic) bond motifs is 4. The number of hydrogen-bond donors (Lipinski definition) is 1. The number of para-hydroxylation sites is 1. The molecular weight excluding hydrogens is 372 g/mol. The molecule has 0 saturated heterocycles. The number of ether oxygens (including phenoxy) is 1. The van der Waals surface area contributed by atoms with Crippen molar-refractivity contribution in [2.75, 3.05) is 12.4 Å². The number of nitrogens with zero attached hydrogens (tertiary/aromatic N) is 3. The van der Waals surface area contributed by atoms with Crippen LogP contribution in [0.5, 0.6) is 5.75 Å². The van der Waals surface area contributed by atoms with Crippen LogP contribution in [-0.4, -0.2) is 22.1 Å². The summed E-state index contributed by atoms with van der Waals surface area (Å²) in [6, 6.07) is 10.1. The van der Waals surface area contributed by atoms with Crippen LogP contribution in [0.3, 0.4) is 0 Å². The van der Waals surface area contributed by atoms with Crippen molar-refractivity contribution >= 4 is 74.9 Å². The zero-order chi connectivity index (χ0) is 17.0. The molecule has 5 aromatic rings. The Morgan fingerprint density at radius 2 is 1.72 bits per heavy atom. The maximum Gasteiger partial charge on any atom is 0.190 e. The molecule has 0 aliphatic heterocycles. The largest absolute Gasteiger partial charge is 0.494 e. The molecule has 0 radical (unpaired) electrons. The molecule has 1 N–H and O–H groups in total. The van der Waals surface area contributed by atoms with Crippen molar-refractivity contribution in [1.82, 2.24) is 15.0 Å². The van der Waals surface area contributed by atoms with Crippen molar-refractivity contribution in [3.05, 3.63) is 35.3 Å². The van der Waals surface area contributed by atoms with Crippen LogP contribution in [0, 0.1) is 6.92 Å². The van der Waals surface area contributed by atoms with E-state index in [-0.39, 0.29) is 0 Å². The third-order valence-corrected chi connectivity index (χ3v) is 6.70. The van der Waals surface area contributed by atoms with E-state index in [1.54, 1.807) is 41.1 Å². The number of methoxy groups -OCH3 is 1. The van der Waals surface area contributed by atoms with E-state index in [2.05, 4.69) is 32.4 Å². The number of nitrogens with one attached hydrogen (secondary N) is 1. The molecule has 5 rings (SSSR count). The van der Waals surface area contributed by atoms with Gasteiger partial charge in [-0.2, -0.15) is 0 Å². The average molecular weight is 385 g/mol. The molecule has 0 bridgehead atoms. The van der Waals surface area contributed by atoms with Crippen LogP contribution >= 0.6 is 34.0 Å². The number of rotatable bonds is 3. The Kier molecular flexibility index (Phi) is 3.37. The molecule has 0 fully saturated rings. The van der Waals surface area contributed by atoms with E-state index in [0.717, 1.165) is 47.0 Å². The standard InChI is InChI=1S/C17H12N4OS3/c1-8-18-14-12(23-8)7-6-9-15(14)25-16(19-9)21-17-20-13-10(22-2)4-3-5-11(13)24-17/h3-7H,1-2H3,(H,19,20,21). The molecule has 2 aromatic carbocycles. The number of aryl methyl sites for hydroxylation is 1. The summed E-state index contributed by atoms with van der Waals surface area (Å²) in [6.45, 7) is 2.03. The third kappa shape index (κ3) is 2.45. The molecule has 5 nitrogen and oxygen atoms in total. The molecule has 0 atom stereocenters. The van der Waals surface area contributed by atoms with Gasteiger partial charge >= 0.3 is 0 Å². The summed E-state index contributed by atoms with van der Waals surface area (Å²) in [7, 11) is 1.66. The Hall–Kier alpha value is -2.29. The van der Waals surface area contributed by atoms with Gasteiger partial charge in [-0.3, -0.25) is 0 Å². The van der Waals surface area contributed by atoms with Gasteiger partial charge in [-0.15, -0.1) is 11.3 Å². The lowest BCUT2D eigenvalue weighted by Gasteiger charge is -1.98. The summed E-state index contributed by atoms with van der Waals surface area (Å²) < 4.78 is 8.78. The van der Waals surface area contributed by atoms with Gasteiger partial charge in [-0.05, 0) is 31.2 Å². The minimum Gasteiger partial charge on any atom is -0.494 e. The lowest BCUT2D eigenvalue weighted by Crippen LogP contribution is -1.88. The van der Waals surface area contributed by atoms with Gasteiger partial charge in [0.15, 0.2) is 10.3 Å². The van der Waals surface area contributed by atoms with Crippen LogP contribution in [0.15, 0.2) is 30.3 Å². The smallest absolute Gasteiger partial charge is 0.190 e. The van der Waals surface area contributed by atoms with Crippen LogP contribution in [0.1, 0.15) is 5.01 Å². The second-order valence-electron chi connectivity index (χ2n) is 5.46. The van der Waals surface area contributed by atoms with E-state index in [1.165, 1.54) is 4.70 Å². The Morgan fingerprint density at radius 3 is 2.60 bits per heavy atom. The number of hydrogen-bond acceptors (Lipinski definition) is 8. The first kappa shape index (κ1) is 15.0. The van der Waals surface area contributed by atoms with E-state index < -0.39 is 0 Å². The Morgan fingerprint density at radius 1 is 0.880 bits per heavy atom. The first-order valence-corrected chi connectivity index (χ1v) is 10.0. The first-order valence-electron chi connectivity index (χ1n) is 7.58. The van der Waals surface area contributed by atoms with E-state index >= 15 is 0 Å². The molecule has 0 aliphatic rings. The molecule has 0 unspecified atom stereocenters. The summed E-state index contributed by atoms with van der Waals surface area (Å²) in [5.74, 6) is 0.783. The second-order valence-corrected chi connectivity index (χ2v) is 8.73. The third-order valence-electron chi connectivity index (χ3n) is 3.84. The first-order chi connectivity index (χ1) is 12.2. The Labute approximate surface area is 155 Å². The average Bonchev–Trinajstić information content (AvgIpc) is 3.28. The summed E-state index contributed by atoms with van der Waals surface area (Å²) in [6.07, 6.45) is 0. The SMILES string of the molecule is COc1cccc2sc(Nc3nc4ccc5sc(C)nc5c4s3)nc12. The van der Waals surface area contributed by atoms with Gasteiger partial charge in [0.05, 0.1) is 31.7 Å². The molecular formula is C17H12N4OS3. The summed E-state index contributed by atoms with van der Waals surface area (Å²) in [5, 5.41) is 6.05. The van der Waals surface area contributed by atoms with Gasteiger partial charge in [0.1, 0.15) is 16.8 Å². The molecule has 8 heteroatoms. The van der Waals surface area contributed by atoms with Gasteiger partial charge in [0, 0.05) is 0 Å². The summed E-state index contributed by atoms with van der Waals surface area (Å²) in [5.41, 5.74) is 2.87. The van der Waals surface area contributed by atoms with E-state index in [0.29, 0.717) is 0 Å². The summed E-state index contributed by atoms with van der Waals surface area (Å²) >= 11 is 4.91. The number of anilines is 2. The highest BCUT2D eigenvalue weighted by Crippen LogP contribution is 2.38. The number of aromatic nitrogens is 3. The van der Waals surface area contributed by atoms with E-state index in [1.807, 2.05) is 25.1 Å². The minimum atomic E-state index is 0.783. The van der Waals surface area contributed by atoms with Crippen molar-refractivity contribution in [2.24, 2.45) is 0 Å². The normalized spacial score (nSPS) is 11.6. The van der Waals surface area contributed by atoms with E-state index in [9.17, 15) is 0 Å². The maximum absolute atomic E-state index is 5.39. The highest BCUT2D eigenvalue weighted by Gasteiger charge is 2.13. The topological polar surface area (TPSA) is 59.9 Å². The molecule has 3 heterocycles. The van der Waals surface area contributed by atoms with Crippen LogP contribution in [0.25, 0.3) is 30.6 Å². The van der Waals surface area contributed by atoms with Crippen LogP contribution in [0.2, 0.25) is 0 Å². The monoisotopic (exact) mass is 384 g/mol. The highest BCUT2D eigenvalue weighted by atomic mass is 32.1. The molecule has 25 heavy (non-hydrogen) atoms. The van der Waals surface area contributed by atoms with Crippen molar-refractivity contribution in [2.45, 2.75) is 6.92 Å².